The van der Waals surface area contributed by atoms with Gasteiger partial charge in [-0.25, -0.2) is 0 Å². The summed E-state index contributed by atoms with van der Waals surface area (Å²) in [5, 5.41) is 6.28. The van der Waals surface area contributed by atoms with Gasteiger partial charge >= 0.3 is 0 Å². The Morgan fingerprint density at radius 1 is 1.10 bits per heavy atom. The highest BCUT2D eigenvalue weighted by molar-refractivity contribution is 7.16. The Morgan fingerprint density at radius 2 is 1.84 bits per heavy atom. The van der Waals surface area contributed by atoms with Crippen LogP contribution < -0.4 is 16.4 Å². The van der Waals surface area contributed by atoms with Crippen LogP contribution in [0.4, 0.5) is 5.00 Å². The summed E-state index contributed by atoms with van der Waals surface area (Å²) < 4.78 is 5.15. The lowest BCUT2D eigenvalue weighted by Gasteiger charge is -2.20. The average Bonchev–Trinajstić information content (AvgIpc) is 3.41. The third-order valence-corrected chi connectivity index (χ3v) is 6.53. The Kier molecular flexibility index (Phi) is 5.90. The van der Waals surface area contributed by atoms with Crippen molar-refractivity contribution in [3.05, 3.63) is 75.6 Å². The number of Topliss-reactive ketones (excluding diaryl/α,β-unsaturated/α-hetero) is 1. The molecule has 0 bridgehead atoms. The van der Waals surface area contributed by atoms with Crippen molar-refractivity contribution in [3.63, 3.8) is 0 Å². The first-order chi connectivity index (χ1) is 14.9. The van der Waals surface area contributed by atoms with E-state index >= 15 is 0 Å². The molecule has 8 heteroatoms. The fourth-order valence-corrected chi connectivity index (χ4v) is 5.04. The summed E-state index contributed by atoms with van der Waals surface area (Å²) in [6.45, 7) is 1.93. The number of furan rings is 1. The third kappa shape index (κ3) is 4.39. The predicted octanol–water partition coefficient (Wildman–Crippen LogP) is 3.68. The molecule has 0 unspecified atom stereocenters. The predicted molar refractivity (Wildman–Crippen MR) is 119 cm³/mol. The zero-order chi connectivity index (χ0) is 22.0. The zero-order valence-corrected chi connectivity index (χ0v) is 17.9. The van der Waals surface area contributed by atoms with E-state index in [-0.39, 0.29) is 11.5 Å². The molecular weight excluding hydrogens is 414 g/mol. The number of nitrogens with two attached hydrogens (primary N) is 1. The average molecular weight is 438 g/mol. The van der Waals surface area contributed by atoms with Gasteiger partial charge in [-0.15, -0.1) is 11.3 Å². The Labute approximate surface area is 183 Å². The molecule has 1 atom stereocenters. The SMILES string of the molecule is Cc1ccc(C(=O)[C@@H](NC(=O)c2ccco2)Nc2sc3c(c2C(N)=O)CCCC3)cc1. The van der Waals surface area contributed by atoms with Crippen LogP contribution in [0.5, 0.6) is 0 Å². The minimum Gasteiger partial charge on any atom is -0.459 e. The monoisotopic (exact) mass is 437 g/mol. The van der Waals surface area contributed by atoms with Crippen LogP contribution in [0.25, 0.3) is 0 Å². The molecule has 0 spiro atoms. The minimum atomic E-state index is -1.10. The third-order valence-electron chi connectivity index (χ3n) is 5.31. The van der Waals surface area contributed by atoms with E-state index in [4.69, 9.17) is 10.2 Å². The van der Waals surface area contributed by atoms with Crippen LogP contribution >= 0.6 is 11.3 Å². The zero-order valence-electron chi connectivity index (χ0n) is 17.1. The summed E-state index contributed by atoms with van der Waals surface area (Å²) in [5.74, 6) is -1.32. The van der Waals surface area contributed by atoms with E-state index in [9.17, 15) is 14.4 Å². The number of thiophene rings is 1. The van der Waals surface area contributed by atoms with Crippen molar-refractivity contribution in [1.82, 2.24) is 5.32 Å². The Hall–Kier alpha value is -3.39. The molecule has 0 fully saturated rings. The molecule has 2 aromatic heterocycles. The van der Waals surface area contributed by atoms with Crippen LogP contribution in [0.3, 0.4) is 0 Å². The fourth-order valence-electron chi connectivity index (χ4n) is 3.72. The molecule has 31 heavy (non-hydrogen) atoms. The van der Waals surface area contributed by atoms with Gasteiger partial charge in [0.15, 0.2) is 11.9 Å². The number of rotatable bonds is 7. The number of amides is 2. The molecule has 160 valence electrons. The van der Waals surface area contributed by atoms with Gasteiger partial charge in [0.1, 0.15) is 5.00 Å². The van der Waals surface area contributed by atoms with Crippen molar-refractivity contribution in [2.75, 3.05) is 5.32 Å². The lowest BCUT2D eigenvalue weighted by molar-refractivity contribution is 0.0853. The van der Waals surface area contributed by atoms with Gasteiger partial charge < -0.3 is 20.8 Å². The number of fused-ring (bicyclic) bond motifs is 1. The number of benzene rings is 1. The van der Waals surface area contributed by atoms with Crippen LogP contribution in [0, 0.1) is 6.92 Å². The summed E-state index contributed by atoms with van der Waals surface area (Å²) in [4.78, 5) is 39.2. The number of carbonyl (C=O) groups excluding carboxylic acids is 3. The quantitative estimate of drug-likeness (QED) is 0.385. The highest BCUT2D eigenvalue weighted by atomic mass is 32.1. The van der Waals surface area contributed by atoms with Gasteiger partial charge in [0.25, 0.3) is 11.8 Å². The standard InChI is InChI=1S/C23H23N3O4S/c1-13-8-10-14(11-9-13)19(27)21(25-22(29)16-6-4-12-30-16)26-23-18(20(24)28)15-5-2-3-7-17(15)31-23/h4,6,8-12,21,26H,2-3,5,7H2,1H3,(H2,24,28)(H,25,29)/t21-/m0/s1. The number of nitrogens with one attached hydrogen (secondary N) is 2. The first kappa shape index (κ1) is 20.9. The van der Waals surface area contributed by atoms with Crippen molar-refractivity contribution in [2.24, 2.45) is 5.73 Å². The van der Waals surface area contributed by atoms with E-state index in [0.717, 1.165) is 41.7 Å². The molecule has 4 rings (SSSR count). The largest absolute Gasteiger partial charge is 0.459 e. The molecule has 1 aliphatic rings. The summed E-state index contributed by atoms with van der Waals surface area (Å²) in [6.07, 6.45) is 3.98. The Balaban J connectivity index is 1.68. The first-order valence-corrected chi connectivity index (χ1v) is 10.9. The molecule has 0 radical (unpaired) electrons. The normalized spacial score (nSPS) is 13.8. The number of hydrogen-bond acceptors (Lipinski definition) is 6. The molecule has 3 aromatic rings. The van der Waals surface area contributed by atoms with Crippen molar-refractivity contribution in [3.8, 4) is 0 Å². The van der Waals surface area contributed by atoms with Crippen LogP contribution in [-0.4, -0.2) is 23.8 Å². The lowest BCUT2D eigenvalue weighted by atomic mass is 9.95. The summed E-state index contributed by atoms with van der Waals surface area (Å²) in [7, 11) is 0. The van der Waals surface area contributed by atoms with Crippen molar-refractivity contribution in [2.45, 2.75) is 38.8 Å². The number of ketones is 1. The van der Waals surface area contributed by atoms with Gasteiger partial charge in [0.2, 0.25) is 5.78 Å². The van der Waals surface area contributed by atoms with Crippen LogP contribution in [0.2, 0.25) is 0 Å². The number of aryl methyl sites for hydroxylation is 2. The van der Waals surface area contributed by atoms with E-state index in [1.165, 1.54) is 23.7 Å². The van der Waals surface area contributed by atoms with Crippen LogP contribution in [0.15, 0.2) is 47.1 Å². The molecule has 4 N–H and O–H groups in total. The van der Waals surface area contributed by atoms with Crippen molar-refractivity contribution < 1.29 is 18.8 Å². The smallest absolute Gasteiger partial charge is 0.288 e. The number of anilines is 1. The van der Waals surface area contributed by atoms with Gasteiger partial charge in [-0.2, -0.15) is 0 Å². The maximum absolute atomic E-state index is 13.3. The van der Waals surface area contributed by atoms with Crippen LogP contribution in [0.1, 0.15) is 60.1 Å². The molecule has 0 saturated heterocycles. The fraction of sp³-hybridized carbons (Fsp3) is 0.261. The second-order valence-corrected chi connectivity index (χ2v) is 8.64. The Bertz CT molecular complexity index is 1120. The Morgan fingerprint density at radius 3 is 2.52 bits per heavy atom. The molecule has 0 aliphatic heterocycles. The second-order valence-electron chi connectivity index (χ2n) is 7.54. The highest BCUT2D eigenvalue weighted by Gasteiger charge is 2.29. The topological polar surface area (TPSA) is 114 Å². The highest BCUT2D eigenvalue weighted by Crippen LogP contribution is 2.38. The van der Waals surface area contributed by atoms with Gasteiger partial charge in [0, 0.05) is 10.4 Å². The summed E-state index contributed by atoms with van der Waals surface area (Å²) in [6, 6.07) is 10.2. The van der Waals surface area contributed by atoms with Crippen molar-refractivity contribution in [1.29, 1.82) is 0 Å². The van der Waals surface area contributed by atoms with E-state index < -0.39 is 18.0 Å². The molecule has 2 amide bonds. The molecule has 7 nitrogen and oxygen atoms in total. The molecule has 0 saturated carbocycles. The van der Waals surface area contributed by atoms with E-state index in [2.05, 4.69) is 10.6 Å². The van der Waals surface area contributed by atoms with E-state index in [1.807, 2.05) is 19.1 Å². The van der Waals surface area contributed by atoms with Crippen molar-refractivity contribution >= 4 is 33.9 Å². The summed E-state index contributed by atoms with van der Waals surface area (Å²) >= 11 is 1.42. The number of hydrogen-bond donors (Lipinski definition) is 3. The van der Waals surface area contributed by atoms with Gasteiger partial charge in [0.05, 0.1) is 11.8 Å². The lowest BCUT2D eigenvalue weighted by Crippen LogP contribution is -2.46. The number of primary amides is 1. The second kappa shape index (κ2) is 8.77. The summed E-state index contributed by atoms with van der Waals surface area (Å²) in [5.41, 5.74) is 8.49. The van der Waals surface area contributed by atoms with E-state index in [1.54, 1.807) is 18.2 Å². The molecule has 1 aromatic carbocycles. The van der Waals surface area contributed by atoms with E-state index in [0.29, 0.717) is 16.1 Å². The molecular formula is C23H23N3O4S. The first-order valence-electron chi connectivity index (χ1n) is 10.1. The van der Waals surface area contributed by atoms with Gasteiger partial charge in [-0.1, -0.05) is 29.8 Å². The minimum absolute atomic E-state index is 0.0871. The molecule has 1 aliphatic carbocycles. The van der Waals surface area contributed by atoms with Gasteiger partial charge in [-0.3, -0.25) is 14.4 Å². The maximum atomic E-state index is 13.3. The maximum Gasteiger partial charge on any atom is 0.288 e. The molecule has 2 heterocycles. The van der Waals surface area contributed by atoms with Crippen LogP contribution in [-0.2, 0) is 12.8 Å². The number of carbonyl (C=O) groups is 3. The van der Waals surface area contributed by atoms with Gasteiger partial charge in [-0.05, 0) is 50.3 Å².